The Kier molecular flexibility index (Phi) is 7.25. The van der Waals surface area contributed by atoms with E-state index in [2.05, 4.69) is 33.5 Å². The number of aromatic nitrogens is 3. The molecule has 0 amide bonds. The van der Waals surface area contributed by atoms with Crippen molar-refractivity contribution in [3.63, 3.8) is 0 Å². The van der Waals surface area contributed by atoms with Gasteiger partial charge in [-0.15, -0.1) is 0 Å². The highest BCUT2D eigenvalue weighted by Crippen LogP contribution is 2.20. The lowest BCUT2D eigenvalue weighted by molar-refractivity contribution is 0.304. The van der Waals surface area contributed by atoms with Crippen LogP contribution in [0.15, 0.2) is 84.2 Å². The van der Waals surface area contributed by atoms with Crippen LogP contribution in [-0.4, -0.2) is 27.7 Å². The molecule has 4 rings (SSSR count). The topological polar surface area (TPSA) is 69.0 Å². The fraction of sp³-hybridized carbons (Fsp3) is 0.269. The number of fused-ring (bicyclic) bond motifs is 1. The Labute approximate surface area is 187 Å². The first kappa shape index (κ1) is 21.7. The van der Waals surface area contributed by atoms with Crippen LogP contribution in [0.4, 0.5) is 0 Å². The Bertz CT molecular complexity index is 1190. The van der Waals surface area contributed by atoms with Gasteiger partial charge in [0.2, 0.25) is 0 Å². The van der Waals surface area contributed by atoms with Crippen LogP contribution in [0, 0.1) is 0 Å². The summed E-state index contributed by atoms with van der Waals surface area (Å²) < 4.78 is 7.59. The molecule has 32 heavy (non-hydrogen) atoms. The molecule has 1 atom stereocenters. The highest BCUT2D eigenvalue weighted by atomic mass is 16.5. The van der Waals surface area contributed by atoms with Crippen molar-refractivity contribution >= 4 is 10.9 Å². The normalized spacial score (nSPS) is 12.0. The standard InChI is InChI=1S/C26H28N4O2/c1-30-25-8-7-23(18-21(25)6-9-26(30)31)32-16-3-2-13-29-24(22-5-4-12-28-19-22)17-20-10-14-27-15-11-20/h4-12,14-15,18-19,24,29H,2-3,13,16-17H2,1H3. The van der Waals surface area contributed by atoms with Gasteiger partial charge in [0.1, 0.15) is 5.75 Å². The lowest BCUT2D eigenvalue weighted by atomic mass is 10.0. The molecule has 6 nitrogen and oxygen atoms in total. The van der Waals surface area contributed by atoms with E-state index in [9.17, 15) is 4.79 Å². The predicted molar refractivity (Wildman–Crippen MR) is 127 cm³/mol. The summed E-state index contributed by atoms with van der Waals surface area (Å²) in [5.74, 6) is 0.829. The smallest absolute Gasteiger partial charge is 0.250 e. The average molecular weight is 429 g/mol. The van der Waals surface area contributed by atoms with E-state index < -0.39 is 0 Å². The molecule has 3 heterocycles. The summed E-state index contributed by atoms with van der Waals surface area (Å²) in [7, 11) is 1.78. The number of unbranched alkanes of at least 4 members (excludes halogenated alkanes) is 1. The van der Waals surface area contributed by atoms with E-state index in [1.165, 1.54) is 11.1 Å². The van der Waals surface area contributed by atoms with Crippen LogP contribution in [0.5, 0.6) is 5.75 Å². The first-order valence-electron chi connectivity index (χ1n) is 11.0. The van der Waals surface area contributed by atoms with Gasteiger partial charge in [0.25, 0.3) is 5.56 Å². The minimum Gasteiger partial charge on any atom is -0.494 e. The fourth-order valence-electron chi connectivity index (χ4n) is 3.79. The van der Waals surface area contributed by atoms with E-state index in [4.69, 9.17) is 4.74 Å². The average Bonchev–Trinajstić information content (AvgIpc) is 2.84. The molecule has 0 spiro atoms. The Morgan fingerprint density at radius 3 is 2.69 bits per heavy atom. The van der Waals surface area contributed by atoms with Crippen LogP contribution in [-0.2, 0) is 13.5 Å². The van der Waals surface area contributed by atoms with Gasteiger partial charge in [-0.3, -0.25) is 14.8 Å². The van der Waals surface area contributed by atoms with E-state index in [0.717, 1.165) is 42.5 Å². The van der Waals surface area contributed by atoms with Crippen LogP contribution in [0.1, 0.15) is 30.0 Å². The number of rotatable bonds is 10. The Balaban J connectivity index is 1.26. The summed E-state index contributed by atoms with van der Waals surface area (Å²) in [5, 5.41) is 4.67. The number of hydrogen-bond acceptors (Lipinski definition) is 5. The number of ether oxygens (including phenoxy) is 1. The van der Waals surface area contributed by atoms with Gasteiger partial charge in [0, 0.05) is 49.3 Å². The number of hydrogen-bond donors (Lipinski definition) is 1. The molecule has 3 aromatic heterocycles. The summed E-state index contributed by atoms with van der Waals surface area (Å²) in [6.45, 7) is 1.55. The van der Waals surface area contributed by atoms with Crippen LogP contribution in [0.2, 0.25) is 0 Å². The zero-order valence-electron chi connectivity index (χ0n) is 18.3. The molecule has 0 aliphatic rings. The predicted octanol–water partition coefficient (Wildman–Crippen LogP) is 4.06. The number of pyridine rings is 3. The maximum atomic E-state index is 11.8. The van der Waals surface area contributed by atoms with Crippen LogP contribution >= 0.6 is 0 Å². The number of nitrogens with one attached hydrogen (secondary N) is 1. The van der Waals surface area contributed by atoms with Gasteiger partial charge in [-0.25, -0.2) is 0 Å². The van der Waals surface area contributed by atoms with Gasteiger partial charge in [-0.2, -0.15) is 0 Å². The minimum atomic E-state index is -0.00723. The summed E-state index contributed by atoms with van der Waals surface area (Å²) in [4.78, 5) is 20.1. The summed E-state index contributed by atoms with van der Waals surface area (Å²) in [5.41, 5.74) is 3.33. The molecule has 0 saturated heterocycles. The summed E-state index contributed by atoms with van der Waals surface area (Å²) in [6.07, 6.45) is 10.2. The summed E-state index contributed by atoms with van der Waals surface area (Å²) in [6, 6.07) is 17.7. The third-order valence-corrected chi connectivity index (χ3v) is 5.60. The molecule has 0 bridgehead atoms. The second-order valence-corrected chi connectivity index (χ2v) is 7.86. The quantitative estimate of drug-likeness (QED) is 0.386. The molecule has 0 fully saturated rings. The SMILES string of the molecule is Cn1c(=O)ccc2cc(OCCCCNC(Cc3ccncc3)c3cccnc3)ccc21. The van der Waals surface area contributed by atoms with Crippen molar-refractivity contribution in [2.45, 2.75) is 25.3 Å². The monoisotopic (exact) mass is 428 g/mol. The Morgan fingerprint density at radius 2 is 1.88 bits per heavy atom. The van der Waals surface area contributed by atoms with Crippen molar-refractivity contribution in [2.24, 2.45) is 7.05 Å². The van der Waals surface area contributed by atoms with Crippen molar-refractivity contribution in [1.29, 1.82) is 0 Å². The molecule has 0 radical (unpaired) electrons. The van der Waals surface area contributed by atoms with E-state index in [0.29, 0.717) is 6.61 Å². The van der Waals surface area contributed by atoms with Crippen molar-refractivity contribution in [2.75, 3.05) is 13.2 Å². The minimum absolute atomic E-state index is 0.00723. The second kappa shape index (κ2) is 10.7. The van der Waals surface area contributed by atoms with E-state index in [-0.39, 0.29) is 11.6 Å². The molecule has 1 unspecified atom stereocenters. The molecule has 0 saturated carbocycles. The lowest BCUT2D eigenvalue weighted by Gasteiger charge is -2.19. The van der Waals surface area contributed by atoms with Crippen molar-refractivity contribution in [3.8, 4) is 5.75 Å². The van der Waals surface area contributed by atoms with Gasteiger partial charge in [-0.05, 0) is 79.4 Å². The third kappa shape index (κ3) is 5.59. The van der Waals surface area contributed by atoms with E-state index in [1.807, 2.05) is 48.9 Å². The number of nitrogens with zero attached hydrogens (tertiary/aromatic N) is 3. The number of aryl methyl sites for hydroxylation is 1. The molecule has 4 aromatic rings. The Hall–Kier alpha value is -3.51. The van der Waals surface area contributed by atoms with Crippen molar-refractivity contribution in [3.05, 3.63) is 101 Å². The van der Waals surface area contributed by atoms with E-state index >= 15 is 0 Å². The zero-order valence-corrected chi connectivity index (χ0v) is 18.3. The Morgan fingerprint density at radius 1 is 1.00 bits per heavy atom. The zero-order chi connectivity index (χ0) is 22.2. The molecular formula is C26H28N4O2. The van der Waals surface area contributed by atoms with Gasteiger partial charge in [0.15, 0.2) is 0 Å². The summed E-state index contributed by atoms with van der Waals surface area (Å²) >= 11 is 0. The third-order valence-electron chi connectivity index (χ3n) is 5.60. The molecular weight excluding hydrogens is 400 g/mol. The van der Waals surface area contributed by atoms with Crippen LogP contribution in [0.25, 0.3) is 10.9 Å². The maximum absolute atomic E-state index is 11.8. The highest BCUT2D eigenvalue weighted by Gasteiger charge is 2.12. The first-order chi connectivity index (χ1) is 15.7. The number of benzene rings is 1. The fourth-order valence-corrected chi connectivity index (χ4v) is 3.79. The highest BCUT2D eigenvalue weighted by molar-refractivity contribution is 5.80. The molecule has 1 N–H and O–H groups in total. The van der Waals surface area contributed by atoms with Gasteiger partial charge < -0.3 is 14.6 Å². The van der Waals surface area contributed by atoms with E-state index in [1.54, 1.807) is 23.9 Å². The maximum Gasteiger partial charge on any atom is 0.250 e. The van der Waals surface area contributed by atoms with Crippen LogP contribution < -0.4 is 15.6 Å². The molecule has 1 aromatic carbocycles. The van der Waals surface area contributed by atoms with Crippen LogP contribution in [0.3, 0.4) is 0 Å². The largest absolute Gasteiger partial charge is 0.494 e. The molecule has 164 valence electrons. The van der Waals surface area contributed by atoms with Gasteiger partial charge >= 0.3 is 0 Å². The molecule has 6 heteroatoms. The first-order valence-corrected chi connectivity index (χ1v) is 11.0. The molecule has 0 aliphatic heterocycles. The van der Waals surface area contributed by atoms with Gasteiger partial charge in [-0.1, -0.05) is 6.07 Å². The van der Waals surface area contributed by atoms with Crippen molar-refractivity contribution < 1.29 is 4.74 Å². The van der Waals surface area contributed by atoms with Crippen molar-refractivity contribution in [1.82, 2.24) is 19.9 Å². The van der Waals surface area contributed by atoms with Gasteiger partial charge in [0.05, 0.1) is 12.1 Å². The molecule has 0 aliphatic carbocycles. The second-order valence-electron chi connectivity index (χ2n) is 7.86. The lowest BCUT2D eigenvalue weighted by Crippen LogP contribution is -2.25.